The van der Waals surface area contributed by atoms with Gasteiger partial charge in [0.2, 0.25) is 10.0 Å². The Hall–Kier alpha value is -0.840. The van der Waals surface area contributed by atoms with Gasteiger partial charge in [-0.15, -0.1) is 0 Å². The average molecular weight is 363 g/mol. The number of nitrogen functional groups attached to an aromatic ring is 1. The third-order valence-electron chi connectivity index (χ3n) is 2.11. The molecule has 10 heteroatoms. The van der Waals surface area contributed by atoms with Crippen LogP contribution in [-0.4, -0.2) is 32.6 Å². The van der Waals surface area contributed by atoms with Crippen LogP contribution in [-0.2, 0) is 10.0 Å². The lowest BCUT2D eigenvalue weighted by atomic mass is 10.3. The Labute approximate surface area is 115 Å². The number of hydrogen-bond acceptors (Lipinski definition) is 4. The van der Waals surface area contributed by atoms with Gasteiger partial charge in [0.05, 0.1) is 10.6 Å². The molecule has 0 bridgehead atoms. The van der Waals surface area contributed by atoms with Crippen molar-refractivity contribution in [2.24, 2.45) is 0 Å². The van der Waals surface area contributed by atoms with Gasteiger partial charge in [-0.3, -0.25) is 0 Å². The van der Waals surface area contributed by atoms with Crippen LogP contribution >= 0.6 is 15.9 Å². The molecule has 0 spiro atoms. The molecule has 1 aromatic carbocycles. The molecule has 0 amide bonds. The van der Waals surface area contributed by atoms with Crippen molar-refractivity contribution < 1.29 is 26.7 Å². The van der Waals surface area contributed by atoms with E-state index in [4.69, 9.17) is 10.8 Å². The number of sulfonamides is 1. The van der Waals surface area contributed by atoms with Crippen molar-refractivity contribution >= 4 is 31.6 Å². The molecular weight excluding hydrogens is 353 g/mol. The van der Waals surface area contributed by atoms with E-state index in [1.807, 2.05) is 0 Å². The van der Waals surface area contributed by atoms with Crippen molar-refractivity contribution in [1.82, 2.24) is 4.72 Å². The summed E-state index contributed by atoms with van der Waals surface area (Å²) in [6.07, 6.45) is -5.21. The van der Waals surface area contributed by atoms with Crippen LogP contribution in [0, 0.1) is 5.82 Å². The fourth-order valence-electron chi connectivity index (χ4n) is 1.11. The normalized spacial score (nSPS) is 13.8. The summed E-state index contributed by atoms with van der Waals surface area (Å²) >= 11 is 2.83. The highest BCUT2D eigenvalue weighted by molar-refractivity contribution is 9.10. The van der Waals surface area contributed by atoms with Gasteiger partial charge in [-0.05, 0) is 28.1 Å². The van der Waals surface area contributed by atoms with E-state index in [9.17, 15) is 21.6 Å². The first-order valence-corrected chi connectivity index (χ1v) is 7.13. The van der Waals surface area contributed by atoms with E-state index in [2.05, 4.69) is 15.9 Å². The van der Waals surface area contributed by atoms with Crippen LogP contribution in [0.2, 0.25) is 0 Å². The Morgan fingerprint density at radius 3 is 2.53 bits per heavy atom. The standard InChI is InChI=1S/C9H10BrF3N2O3S/c10-4-1-5(11)6(14)2-8(4)19(17,18)15-3-7(16)9(12)13/h1-2,7,9,15-16H,3,14H2. The van der Waals surface area contributed by atoms with Crippen LogP contribution in [0.25, 0.3) is 0 Å². The summed E-state index contributed by atoms with van der Waals surface area (Å²) in [5.74, 6) is -0.821. The van der Waals surface area contributed by atoms with Gasteiger partial charge in [0, 0.05) is 11.0 Å². The first-order chi connectivity index (χ1) is 8.65. The average Bonchev–Trinajstić information content (AvgIpc) is 2.30. The van der Waals surface area contributed by atoms with Gasteiger partial charge in [0.15, 0.2) is 0 Å². The van der Waals surface area contributed by atoms with Crippen LogP contribution in [0.4, 0.5) is 18.9 Å². The van der Waals surface area contributed by atoms with Crippen molar-refractivity contribution in [2.75, 3.05) is 12.3 Å². The number of hydrogen-bond donors (Lipinski definition) is 3. The SMILES string of the molecule is Nc1cc(S(=O)(=O)NCC(O)C(F)F)c(Br)cc1F. The second kappa shape index (κ2) is 6.07. The van der Waals surface area contributed by atoms with Crippen molar-refractivity contribution in [3.63, 3.8) is 0 Å². The Balaban J connectivity index is 2.98. The minimum Gasteiger partial charge on any atom is -0.396 e. The number of rotatable bonds is 5. The summed E-state index contributed by atoms with van der Waals surface area (Å²) in [7, 11) is -4.20. The molecule has 0 fully saturated rings. The number of aliphatic hydroxyl groups is 1. The molecule has 4 N–H and O–H groups in total. The molecule has 0 aliphatic heterocycles. The first kappa shape index (κ1) is 16.2. The number of alkyl halides is 2. The van der Waals surface area contributed by atoms with Crippen LogP contribution in [0.5, 0.6) is 0 Å². The van der Waals surface area contributed by atoms with Crippen LogP contribution in [0.15, 0.2) is 21.5 Å². The van der Waals surface area contributed by atoms with E-state index in [1.54, 1.807) is 4.72 Å². The molecule has 0 radical (unpaired) electrons. The van der Waals surface area contributed by atoms with Gasteiger partial charge in [-0.1, -0.05) is 0 Å². The number of nitrogens with two attached hydrogens (primary N) is 1. The minimum atomic E-state index is -4.20. The Bertz CT molecular complexity index is 568. The maximum absolute atomic E-state index is 13.1. The molecule has 19 heavy (non-hydrogen) atoms. The van der Waals surface area contributed by atoms with Crippen LogP contribution in [0.3, 0.4) is 0 Å². The van der Waals surface area contributed by atoms with E-state index >= 15 is 0 Å². The lowest BCUT2D eigenvalue weighted by Gasteiger charge is -2.12. The zero-order chi connectivity index (χ0) is 14.8. The summed E-state index contributed by atoms with van der Waals surface area (Å²) in [6.45, 7) is -0.871. The highest BCUT2D eigenvalue weighted by Crippen LogP contribution is 2.26. The van der Waals surface area contributed by atoms with Gasteiger partial charge >= 0.3 is 0 Å². The third kappa shape index (κ3) is 4.06. The highest BCUT2D eigenvalue weighted by Gasteiger charge is 2.23. The van der Waals surface area contributed by atoms with Gasteiger partial charge in [-0.2, -0.15) is 0 Å². The summed E-state index contributed by atoms with van der Waals surface area (Å²) in [6, 6.07) is 1.68. The zero-order valence-corrected chi connectivity index (χ0v) is 11.7. The Kier molecular flexibility index (Phi) is 5.18. The topological polar surface area (TPSA) is 92.4 Å². The molecule has 5 nitrogen and oxygen atoms in total. The lowest BCUT2D eigenvalue weighted by molar-refractivity contribution is -0.000452. The third-order valence-corrected chi connectivity index (χ3v) is 4.50. The number of benzene rings is 1. The predicted molar refractivity (Wildman–Crippen MR) is 65.7 cm³/mol. The van der Waals surface area contributed by atoms with Gasteiger partial charge in [0.1, 0.15) is 11.9 Å². The summed E-state index contributed by atoms with van der Waals surface area (Å²) in [4.78, 5) is -0.409. The van der Waals surface area contributed by atoms with E-state index in [0.717, 1.165) is 12.1 Å². The van der Waals surface area contributed by atoms with Gasteiger partial charge < -0.3 is 10.8 Å². The number of nitrogens with one attached hydrogen (secondary N) is 1. The van der Waals surface area contributed by atoms with Crippen LogP contribution in [0.1, 0.15) is 0 Å². The molecule has 108 valence electrons. The fraction of sp³-hybridized carbons (Fsp3) is 0.333. The molecule has 0 saturated carbocycles. The maximum Gasteiger partial charge on any atom is 0.265 e. The number of aliphatic hydroxyl groups excluding tert-OH is 1. The molecule has 0 aromatic heterocycles. The smallest absolute Gasteiger partial charge is 0.265 e. The second-order valence-electron chi connectivity index (χ2n) is 3.56. The highest BCUT2D eigenvalue weighted by atomic mass is 79.9. The molecule has 1 unspecified atom stereocenters. The fourth-order valence-corrected chi connectivity index (χ4v) is 3.21. The maximum atomic E-state index is 13.1. The quantitative estimate of drug-likeness (QED) is 0.683. The molecular formula is C9H10BrF3N2O3S. The molecule has 0 aliphatic rings. The van der Waals surface area contributed by atoms with Gasteiger partial charge in [0.25, 0.3) is 6.43 Å². The predicted octanol–water partition coefficient (Wildman–Crippen LogP) is 1.07. The van der Waals surface area contributed by atoms with Crippen molar-refractivity contribution in [3.05, 3.63) is 22.4 Å². The number of halogens is 4. The summed E-state index contributed by atoms with van der Waals surface area (Å²) < 4.78 is 62.3. The van der Waals surface area contributed by atoms with E-state index < -0.39 is 45.5 Å². The monoisotopic (exact) mass is 362 g/mol. The van der Waals surface area contributed by atoms with Crippen molar-refractivity contribution in [2.45, 2.75) is 17.4 Å². The second-order valence-corrected chi connectivity index (χ2v) is 6.15. The van der Waals surface area contributed by atoms with Crippen molar-refractivity contribution in [3.8, 4) is 0 Å². The molecule has 1 atom stereocenters. The summed E-state index contributed by atoms with van der Waals surface area (Å²) in [5.41, 5.74) is 4.83. The van der Waals surface area contributed by atoms with Crippen LogP contribution < -0.4 is 10.5 Å². The largest absolute Gasteiger partial charge is 0.396 e. The molecule has 0 saturated heterocycles. The van der Waals surface area contributed by atoms with Gasteiger partial charge in [-0.25, -0.2) is 26.3 Å². The first-order valence-electron chi connectivity index (χ1n) is 4.85. The molecule has 1 aromatic rings. The molecule has 0 heterocycles. The number of anilines is 1. The van der Waals surface area contributed by atoms with E-state index in [-0.39, 0.29) is 4.47 Å². The van der Waals surface area contributed by atoms with E-state index in [1.165, 1.54) is 0 Å². The van der Waals surface area contributed by atoms with Crippen molar-refractivity contribution in [1.29, 1.82) is 0 Å². The molecule has 0 aliphatic carbocycles. The Morgan fingerprint density at radius 2 is 2.00 bits per heavy atom. The minimum absolute atomic E-state index is 0.113. The zero-order valence-electron chi connectivity index (χ0n) is 9.28. The Morgan fingerprint density at radius 1 is 1.42 bits per heavy atom. The molecule has 1 rings (SSSR count). The van der Waals surface area contributed by atoms with E-state index in [0.29, 0.717) is 0 Å². The summed E-state index contributed by atoms with van der Waals surface area (Å²) in [5, 5.41) is 8.83. The lowest BCUT2D eigenvalue weighted by Crippen LogP contribution is -2.36.